The van der Waals surface area contributed by atoms with E-state index in [9.17, 15) is 0 Å². The highest BCUT2D eigenvalue weighted by Gasteiger charge is 2.13. The average molecular weight is 334 g/mol. The van der Waals surface area contributed by atoms with Crippen molar-refractivity contribution in [1.29, 1.82) is 0 Å². The third-order valence-electron chi connectivity index (χ3n) is 3.49. The maximum atomic E-state index is 5.19. The van der Waals surface area contributed by atoms with Crippen LogP contribution in [0, 0.1) is 0 Å². The minimum atomic E-state index is 0.280. The van der Waals surface area contributed by atoms with Crippen LogP contribution in [0.25, 0.3) is 0 Å². The number of hydrogen-bond donors (Lipinski definition) is 1. The monoisotopic (exact) mass is 333 g/mol. The Morgan fingerprint density at radius 1 is 0.950 bits per heavy atom. The summed E-state index contributed by atoms with van der Waals surface area (Å²) in [6.07, 6.45) is 0. The Kier molecular flexibility index (Phi) is 5.21. The van der Waals surface area contributed by atoms with Crippen LogP contribution in [0.5, 0.6) is 5.75 Å². The minimum absolute atomic E-state index is 0.280. The lowest BCUT2D eigenvalue weighted by molar-refractivity contribution is 0.414. The standard InChI is InChI=1S/C17H20BrNO/c1-12(14-8-10-15(20-3)11-9-14)19-13(2)16-6-4-5-7-17(16)18/h4-13,19H,1-3H3/t12?,13-/m0/s1. The summed E-state index contributed by atoms with van der Waals surface area (Å²) >= 11 is 3.61. The first-order valence-electron chi connectivity index (χ1n) is 6.76. The Hall–Kier alpha value is -1.32. The molecular formula is C17H20BrNO. The second-order valence-electron chi connectivity index (χ2n) is 4.90. The number of halogens is 1. The summed E-state index contributed by atoms with van der Waals surface area (Å²) in [6, 6.07) is 17.1. The van der Waals surface area contributed by atoms with Gasteiger partial charge in [0, 0.05) is 16.6 Å². The van der Waals surface area contributed by atoms with Gasteiger partial charge in [-0.1, -0.05) is 46.3 Å². The van der Waals surface area contributed by atoms with E-state index in [1.165, 1.54) is 11.1 Å². The van der Waals surface area contributed by atoms with E-state index in [0.29, 0.717) is 0 Å². The zero-order chi connectivity index (χ0) is 14.5. The van der Waals surface area contributed by atoms with E-state index in [0.717, 1.165) is 10.2 Å². The van der Waals surface area contributed by atoms with Crippen LogP contribution in [0.15, 0.2) is 53.0 Å². The zero-order valence-corrected chi connectivity index (χ0v) is 13.6. The number of hydrogen-bond acceptors (Lipinski definition) is 2. The lowest BCUT2D eigenvalue weighted by Gasteiger charge is -2.22. The molecule has 1 N–H and O–H groups in total. The number of benzene rings is 2. The van der Waals surface area contributed by atoms with Gasteiger partial charge in [-0.3, -0.25) is 0 Å². The van der Waals surface area contributed by atoms with Gasteiger partial charge in [0.05, 0.1) is 7.11 Å². The zero-order valence-electron chi connectivity index (χ0n) is 12.1. The van der Waals surface area contributed by atoms with Crippen LogP contribution < -0.4 is 10.1 Å². The Labute approximate surface area is 129 Å². The first-order valence-corrected chi connectivity index (χ1v) is 7.55. The van der Waals surface area contributed by atoms with E-state index in [-0.39, 0.29) is 12.1 Å². The molecule has 2 aromatic rings. The molecule has 1 unspecified atom stereocenters. The molecule has 2 rings (SSSR count). The van der Waals surface area contributed by atoms with Gasteiger partial charge in [-0.05, 0) is 43.2 Å². The minimum Gasteiger partial charge on any atom is -0.497 e. The fraction of sp³-hybridized carbons (Fsp3) is 0.294. The second-order valence-corrected chi connectivity index (χ2v) is 5.76. The van der Waals surface area contributed by atoms with Crippen molar-refractivity contribution in [3.8, 4) is 5.75 Å². The summed E-state index contributed by atoms with van der Waals surface area (Å²) in [5, 5.41) is 3.62. The molecule has 0 radical (unpaired) electrons. The van der Waals surface area contributed by atoms with E-state index in [4.69, 9.17) is 4.74 Å². The number of ether oxygens (including phenoxy) is 1. The van der Waals surface area contributed by atoms with Gasteiger partial charge < -0.3 is 10.1 Å². The van der Waals surface area contributed by atoms with Crippen molar-refractivity contribution in [2.24, 2.45) is 0 Å². The Morgan fingerprint density at radius 2 is 1.60 bits per heavy atom. The highest BCUT2D eigenvalue weighted by atomic mass is 79.9. The molecule has 0 spiro atoms. The summed E-state index contributed by atoms with van der Waals surface area (Å²) in [5.74, 6) is 0.889. The third-order valence-corrected chi connectivity index (χ3v) is 4.21. The van der Waals surface area contributed by atoms with Crippen molar-refractivity contribution in [2.75, 3.05) is 7.11 Å². The molecular weight excluding hydrogens is 314 g/mol. The van der Waals surface area contributed by atoms with Crippen molar-refractivity contribution >= 4 is 15.9 Å². The van der Waals surface area contributed by atoms with Gasteiger partial charge >= 0.3 is 0 Å². The maximum Gasteiger partial charge on any atom is 0.118 e. The van der Waals surface area contributed by atoms with Gasteiger partial charge in [0.25, 0.3) is 0 Å². The molecule has 0 aliphatic heterocycles. The van der Waals surface area contributed by atoms with E-state index < -0.39 is 0 Å². The molecule has 0 aliphatic carbocycles. The number of rotatable bonds is 5. The van der Waals surface area contributed by atoms with Crippen molar-refractivity contribution in [3.05, 3.63) is 64.1 Å². The van der Waals surface area contributed by atoms with Crippen LogP contribution >= 0.6 is 15.9 Å². The van der Waals surface area contributed by atoms with Gasteiger partial charge in [-0.2, -0.15) is 0 Å². The van der Waals surface area contributed by atoms with E-state index in [1.807, 2.05) is 18.2 Å². The predicted octanol–water partition coefficient (Wildman–Crippen LogP) is 4.87. The first-order chi connectivity index (χ1) is 9.61. The molecule has 0 amide bonds. The number of methoxy groups -OCH3 is 1. The van der Waals surface area contributed by atoms with Gasteiger partial charge in [-0.15, -0.1) is 0 Å². The van der Waals surface area contributed by atoms with Crippen LogP contribution in [-0.2, 0) is 0 Å². The van der Waals surface area contributed by atoms with Gasteiger partial charge in [-0.25, -0.2) is 0 Å². The second kappa shape index (κ2) is 6.91. The molecule has 20 heavy (non-hydrogen) atoms. The predicted molar refractivity (Wildman–Crippen MR) is 87.1 cm³/mol. The molecule has 0 saturated carbocycles. The van der Waals surface area contributed by atoms with Crippen molar-refractivity contribution in [3.63, 3.8) is 0 Å². The molecule has 106 valence electrons. The molecule has 3 heteroatoms. The van der Waals surface area contributed by atoms with Crippen molar-refractivity contribution < 1.29 is 4.74 Å². The maximum absolute atomic E-state index is 5.19. The van der Waals surface area contributed by atoms with Crippen LogP contribution in [0.1, 0.15) is 37.1 Å². The summed E-state index contributed by atoms with van der Waals surface area (Å²) < 4.78 is 6.33. The third kappa shape index (κ3) is 3.62. The SMILES string of the molecule is COc1ccc(C(C)N[C@@H](C)c2ccccc2Br)cc1. The van der Waals surface area contributed by atoms with Gasteiger partial charge in [0.15, 0.2) is 0 Å². The smallest absolute Gasteiger partial charge is 0.118 e. The van der Waals surface area contributed by atoms with Crippen LogP contribution in [0.4, 0.5) is 0 Å². The summed E-state index contributed by atoms with van der Waals surface area (Å²) in [5.41, 5.74) is 2.53. The van der Waals surface area contributed by atoms with E-state index in [2.05, 4.69) is 65.4 Å². The highest BCUT2D eigenvalue weighted by molar-refractivity contribution is 9.10. The molecule has 0 saturated heterocycles. The molecule has 0 aromatic heterocycles. The quantitative estimate of drug-likeness (QED) is 0.842. The normalized spacial score (nSPS) is 13.8. The Balaban J connectivity index is 2.06. The molecule has 2 aromatic carbocycles. The fourth-order valence-corrected chi connectivity index (χ4v) is 2.91. The van der Waals surface area contributed by atoms with Crippen LogP contribution in [0.2, 0.25) is 0 Å². The molecule has 2 nitrogen and oxygen atoms in total. The Bertz CT molecular complexity index is 553. The fourth-order valence-electron chi connectivity index (χ4n) is 2.28. The average Bonchev–Trinajstić information content (AvgIpc) is 2.47. The van der Waals surface area contributed by atoms with Crippen molar-refractivity contribution in [1.82, 2.24) is 5.32 Å². The summed E-state index contributed by atoms with van der Waals surface area (Å²) in [7, 11) is 1.69. The lowest BCUT2D eigenvalue weighted by atomic mass is 10.0. The molecule has 0 fully saturated rings. The summed E-state index contributed by atoms with van der Waals surface area (Å²) in [4.78, 5) is 0. The van der Waals surface area contributed by atoms with E-state index >= 15 is 0 Å². The molecule has 0 aliphatic rings. The topological polar surface area (TPSA) is 21.3 Å². The highest BCUT2D eigenvalue weighted by Crippen LogP contribution is 2.26. The van der Waals surface area contributed by atoms with Crippen LogP contribution in [0.3, 0.4) is 0 Å². The first kappa shape index (κ1) is 15.1. The number of nitrogens with one attached hydrogen (secondary N) is 1. The van der Waals surface area contributed by atoms with Crippen molar-refractivity contribution in [2.45, 2.75) is 25.9 Å². The Morgan fingerprint density at radius 3 is 2.20 bits per heavy atom. The molecule has 0 bridgehead atoms. The van der Waals surface area contributed by atoms with Crippen LogP contribution in [-0.4, -0.2) is 7.11 Å². The van der Waals surface area contributed by atoms with Gasteiger partial charge in [0.1, 0.15) is 5.75 Å². The van der Waals surface area contributed by atoms with E-state index in [1.54, 1.807) is 7.11 Å². The molecule has 0 heterocycles. The summed E-state index contributed by atoms with van der Waals surface area (Å²) in [6.45, 7) is 4.36. The largest absolute Gasteiger partial charge is 0.497 e. The van der Waals surface area contributed by atoms with Gasteiger partial charge in [0.2, 0.25) is 0 Å². The lowest BCUT2D eigenvalue weighted by Crippen LogP contribution is -2.22. The molecule has 2 atom stereocenters.